The number of nitrogens with one attached hydrogen (secondary N) is 2. The van der Waals surface area contributed by atoms with Gasteiger partial charge < -0.3 is 24.3 Å². The van der Waals surface area contributed by atoms with Gasteiger partial charge in [0.15, 0.2) is 11.4 Å². The number of aromatic hydroxyl groups is 1. The Kier molecular flexibility index (Phi) is 6.54. The molecule has 6 rings (SSSR count). The molecule has 3 fully saturated rings. The van der Waals surface area contributed by atoms with Gasteiger partial charge >= 0.3 is 0 Å². The van der Waals surface area contributed by atoms with Crippen LogP contribution < -0.4 is 5.32 Å². The van der Waals surface area contributed by atoms with Crippen LogP contribution in [-0.2, 0) is 25.4 Å². The van der Waals surface area contributed by atoms with Gasteiger partial charge in [-0.15, -0.1) is 10.2 Å². The molecule has 1 aromatic carbocycles. The molecule has 3 aromatic rings. The van der Waals surface area contributed by atoms with Gasteiger partial charge in [0.2, 0.25) is 5.78 Å². The number of hydrogen-bond acceptors (Lipinski definition) is 8. The summed E-state index contributed by atoms with van der Waals surface area (Å²) >= 11 is 0. The Morgan fingerprint density at radius 3 is 2.97 bits per heavy atom. The van der Waals surface area contributed by atoms with Gasteiger partial charge in [0.05, 0.1) is 31.6 Å². The number of nitrogens with zero attached hydrogens (tertiary/aromatic N) is 2. The molecule has 3 aliphatic rings. The Labute approximate surface area is 215 Å². The van der Waals surface area contributed by atoms with Gasteiger partial charge in [0.25, 0.3) is 0 Å². The van der Waals surface area contributed by atoms with Crippen molar-refractivity contribution in [3.05, 3.63) is 54.2 Å². The van der Waals surface area contributed by atoms with Gasteiger partial charge in [-0.1, -0.05) is 18.7 Å². The Bertz CT molecular complexity index is 1320. The van der Waals surface area contributed by atoms with Crippen molar-refractivity contribution in [1.29, 1.82) is 0 Å². The molecule has 0 aliphatic carbocycles. The minimum absolute atomic E-state index is 0.0745. The SMILES string of the molecule is C=CC(=O)C12CC[C@@H](c3[nH]c4nnc(-c5ccccc5O)cc4c3CCO[C@H]3CCOC3)C[C@H](CO1)N2. The number of ether oxygens (including phenoxy) is 3. The Morgan fingerprint density at radius 2 is 2.16 bits per heavy atom. The quantitative estimate of drug-likeness (QED) is 0.400. The van der Waals surface area contributed by atoms with E-state index in [9.17, 15) is 9.90 Å². The molecule has 9 heteroatoms. The normalized spacial score (nSPS) is 27.4. The number of phenolic OH excluding ortho intramolecular Hbond substituents is 1. The zero-order valence-corrected chi connectivity index (χ0v) is 20.7. The van der Waals surface area contributed by atoms with Gasteiger partial charge in [-0.05, 0) is 61.9 Å². The predicted octanol–water partition coefficient (Wildman–Crippen LogP) is 3.39. The third-order valence-electron chi connectivity index (χ3n) is 7.84. The molecule has 2 aromatic heterocycles. The fourth-order valence-corrected chi connectivity index (χ4v) is 5.93. The lowest BCUT2D eigenvalue weighted by Crippen LogP contribution is -2.49. The van der Waals surface area contributed by atoms with E-state index in [0.717, 1.165) is 42.5 Å². The molecule has 4 atom stereocenters. The third-order valence-corrected chi connectivity index (χ3v) is 7.84. The molecule has 0 radical (unpaired) electrons. The number of aromatic nitrogens is 3. The van der Waals surface area contributed by atoms with E-state index in [-0.39, 0.29) is 29.6 Å². The Balaban J connectivity index is 1.35. The first-order chi connectivity index (χ1) is 18.1. The maximum Gasteiger partial charge on any atom is 0.201 e. The van der Waals surface area contributed by atoms with Crippen LogP contribution in [0.4, 0.5) is 0 Å². The summed E-state index contributed by atoms with van der Waals surface area (Å²) in [5, 5.41) is 23.7. The van der Waals surface area contributed by atoms with Crippen LogP contribution in [0.3, 0.4) is 0 Å². The lowest BCUT2D eigenvalue weighted by molar-refractivity contribution is -0.137. The van der Waals surface area contributed by atoms with Crippen molar-refractivity contribution >= 4 is 16.8 Å². The average Bonchev–Trinajstić information content (AvgIpc) is 3.62. The van der Waals surface area contributed by atoms with Crippen LogP contribution in [0.15, 0.2) is 43.0 Å². The molecule has 2 bridgehead atoms. The highest BCUT2D eigenvalue weighted by molar-refractivity contribution is 5.96. The van der Waals surface area contributed by atoms with Crippen molar-refractivity contribution in [2.75, 3.05) is 26.4 Å². The highest BCUT2D eigenvalue weighted by Crippen LogP contribution is 2.41. The minimum atomic E-state index is -0.975. The summed E-state index contributed by atoms with van der Waals surface area (Å²) in [6, 6.07) is 9.22. The number of phenols is 1. The van der Waals surface area contributed by atoms with E-state index in [0.29, 0.717) is 49.6 Å². The predicted molar refractivity (Wildman–Crippen MR) is 137 cm³/mol. The van der Waals surface area contributed by atoms with Crippen molar-refractivity contribution in [3.63, 3.8) is 0 Å². The van der Waals surface area contributed by atoms with E-state index in [4.69, 9.17) is 14.2 Å². The third kappa shape index (κ3) is 4.57. The van der Waals surface area contributed by atoms with E-state index in [1.807, 2.05) is 18.2 Å². The number of benzene rings is 1. The van der Waals surface area contributed by atoms with E-state index >= 15 is 0 Å². The summed E-state index contributed by atoms with van der Waals surface area (Å²) in [4.78, 5) is 16.2. The summed E-state index contributed by atoms with van der Waals surface area (Å²) in [7, 11) is 0. The zero-order chi connectivity index (χ0) is 25.4. The summed E-state index contributed by atoms with van der Waals surface area (Å²) in [5.74, 6) is 0.243. The van der Waals surface area contributed by atoms with Gasteiger partial charge in [0.1, 0.15) is 5.75 Å². The van der Waals surface area contributed by atoms with Crippen LogP contribution in [0, 0.1) is 0 Å². The fourth-order valence-electron chi connectivity index (χ4n) is 5.93. The van der Waals surface area contributed by atoms with Gasteiger partial charge in [0, 0.05) is 35.2 Å². The summed E-state index contributed by atoms with van der Waals surface area (Å²) in [6.07, 6.45) is 5.29. The Hall–Kier alpha value is -3.11. The number of rotatable bonds is 8. The van der Waals surface area contributed by atoms with Crippen molar-refractivity contribution in [2.45, 2.75) is 55.9 Å². The average molecular weight is 505 g/mol. The van der Waals surface area contributed by atoms with Crippen molar-refractivity contribution in [3.8, 4) is 17.0 Å². The second kappa shape index (κ2) is 9.98. The maximum absolute atomic E-state index is 12.6. The van der Waals surface area contributed by atoms with Crippen molar-refractivity contribution in [2.24, 2.45) is 0 Å². The Morgan fingerprint density at radius 1 is 1.27 bits per heavy atom. The van der Waals surface area contributed by atoms with Gasteiger partial charge in [-0.2, -0.15) is 0 Å². The molecular formula is C28H32N4O5. The maximum atomic E-state index is 12.6. The molecule has 37 heavy (non-hydrogen) atoms. The van der Waals surface area contributed by atoms with E-state index < -0.39 is 5.72 Å². The first kappa shape index (κ1) is 24.2. The standard InChI is InChI=1S/C28H32N4O5/c1-2-25(34)28-10-7-17(13-18(30-28)15-37-28)26-20(9-12-36-19-8-11-35-16-19)22-14-23(31-32-27(22)29-26)21-5-3-4-6-24(21)33/h2-6,14,17-19,30,33H,1,7-13,15-16H2,(H,29,32)/t17-,18-,19+,28?/m1/s1. The summed E-state index contributed by atoms with van der Waals surface area (Å²) in [6.45, 7) is 6.11. The van der Waals surface area contributed by atoms with Crippen molar-refractivity contribution in [1.82, 2.24) is 20.5 Å². The number of aromatic amines is 1. The van der Waals surface area contributed by atoms with Crippen LogP contribution in [0.5, 0.6) is 5.75 Å². The molecule has 3 aliphatic heterocycles. The molecule has 0 saturated carbocycles. The first-order valence-corrected chi connectivity index (χ1v) is 13.0. The molecule has 3 N–H and O–H groups in total. The molecular weight excluding hydrogens is 472 g/mol. The lowest BCUT2D eigenvalue weighted by Gasteiger charge is -2.26. The molecule has 0 spiro atoms. The number of para-hydroxylation sites is 1. The smallest absolute Gasteiger partial charge is 0.201 e. The number of ketones is 1. The van der Waals surface area contributed by atoms with E-state index in [1.54, 1.807) is 12.1 Å². The van der Waals surface area contributed by atoms with Crippen LogP contribution in [0.25, 0.3) is 22.3 Å². The van der Waals surface area contributed by atoms with Crippen LogP contribution >= 0.6 is 0 Å². The lowest BCUT2D eigenvalue weighted by atomic mass is 9.88. The molecule has 1 unspecified atom stereocenters. The molecule has 0 amide bonds. The first-order valence-electron chi connectivity index (χ1n) is 13.0. The number of H-pyrrole nitrogens is 1. The van der Waals surface area contributed by atoms with Gasteiger partial charge in [-0.3, -0.25) is 10.1 Å². The molecule has 3 saturated heterocycles. The number of hydrogen-bond donors (Lipinski definition) is 3. The van der Waals surface area contributed by atoms with Crippen LogP contribution in [0.1, 0.15) is 42.9 Å². The summed E-state index contributed by atoms with van der Waals surface area (Å²) in [5.41, 5.74) is 3.25. The topological polar surface area (TPSA) is 119 Å². The van der Waals surface area contributed by atoms with Crippen molar-refractivity contribution < 1.29 is 24.1 Å². The highest BCUT2D eigenvalue weighted by atomic mass is 16.5. The highest BCUT2D eigenvalue weighted by Gasteiger charge is 2.48. The minimum Gasteiger partial charge on any atom is -0.507 e. The summed E-state index contributed by atoms with van der Waals surface area (Å²) < 4.78 is 17.5. The fraction of sp³-hybridized carbons (Fsp3) is 0.464. The largest absolute Gasteiger partial charge is 0.507 e. The molecule has 194 valence electrons. The zero-order valence-electron chi connectivity index (χ0n) is 20.7. The van der Waals surface area contributed by atoms with Gasteiger partial charge in [-0.25, -0.2) is 0 Å². The second-order valence-corrected chi connectivity index (χ2v) is 10.2. The molecule has 9 nitrogen and oxygen atoms in total. The van der Waals surface area contributed by atoms with E-state index in [1.165, 1.54) is 6.08 Å². The van der Waals surface area contributed by atoms with Crippen LogP contribution in [0.2, 0.25) is 0 Å². The number of carbonyl (C=O) groups is 1. The number of fused-ring (bicyclic) bond motifs is 3. The second-order valence-electron chi connectivity index (χ2n) is 10.2. The van der Waals surface area contributed by atoms with E-state index in [2.05, 4.69) is 27.1 Å². The van der Waals surface area contributed by atoms with Crippen LogP contribution in [-0.4, -0.2) is 70.4 Å². The molecule has 5 heterocycles. The monoisotopic (exact) mass is 504 g/mol. The number of carbonyl (C=O) groups excluding carboxylic acids is 1.